The summed E-state index contributed by atoms with van der Waals surface area (Å²) in [5.41, 5.74) is 0.990. The molecule has 1 aliphatic carbocycles. The van der Waals surface area contributed by atoms with Crippen molar-refractivity contribution in [2.45, 2.75) is 50.3 Å². The van der Waals surface area contributed by atoms with E-state index in [1.807, 2.05) is 0 Å². The SMILES string of the molecule is CN(C)S(=O)(=O)c1ccc(COC(=O)CCn2cnc3sc4c(c3c2=O)CCCC4)o1. The Morgan fingerprint density at radius 1 is 1.29 bits per heavy atom. The minimum Gasteiger partial charge on any atom is -0.457 e. The fourth-order valence-electron chi connectivity index (χ4n) is 3.53. The van der Waals surface area contributed by atoms with Crippen LogP contribution in [-0.4, -0.2) is 42.3 Å². The van der Waals surface area contributed by atoms with Crippen LogP contribution in [0.1, 0.15) is 35.5 Å². The topological polar surface area (TPSA) is 112 Å². The Morgan fingerprint density at radius 3 is 2.84 bits per heavy atom. The summed E-state index contributed by atoms with van der Waals surface area (Å²) in [7, 11) is -0.883. The van der Waals surface area contributed by atoms with E-state index in [0.717, 1.165) is 40.4 Å². The smallest absolute Gasteiger partial charge is 0.308 e. The zero-order valence-electron chi connectivity index (χ0n) is 17.3. The molecule has 0 radical (unpaired) electrons. The summed E-state index contributed by atoms with van der Waals surface area (Å²) in [6.07, 6.45) is 5.56. The predicted molar refractivity (Wildman–Crippen MR) is 115 cm³/mol. The van der Waals surface area contributed by atoms with Gasteiger partial charge in [0.25, 0.3) is 15.6 Å². The number of rotatable bonds is 7. The van der Waals surface area contributed by atoms with E-state index in [4.69, 9.17) is 9.15 Å². The zero-order chi connectivity index (χ0) is 22.2. The number of nitrogens with zero attached hydrogens (tertiary/aromatic N) is 3. The van der Waals surface area contributed by atoms with Gasteiger partial charge in [0.05, 0.1) is 18.1 Å². The second-order valence-corrected chi connectivity index (χ2v) is 10.7. The number of carbonyl (C=O) groups excluding carboxylic acids is 1. The lowest BCUT2D eigenvalue weighted by molar-refractivity contribution is -0.145. The van der Waals surface area contributed by atoms with Crippen LogP contribution < -0.4 is 5.56 Å². The minimum absolute atomic E-state index is 0.0109. The van der Waals surface area contributed by atoms with Crippen molar-refractivity contribution in [3.63, 3.8) is 0 Å². The molecule has 3 aromatic heterocycles. The molecule has 11 heteroatoms. The summed E-state index contributed by atoms with van der Waals surface area (Å²) in [5, 5.41) is 0.467. The molecule has 0 fully saturated rings. The molecule has 0 bridgehead atoms. The number of hydrogen-bond donors (Lipinski definition) is 0. The maximum absolute atomic E-state index is 12.9. The van der Waals surface area contributed by atoms with E-state index in [2.05, 4.69) is 4.98 Å². The molecule has 3 heterocycles. The summed E-state index contributed by atoms with van der Waals surface area (Å²) in [6, 6.07) is 2.77. The molecule has 0 aliphatic heterocycles. The van der Waals surface area contributed by atoms with Gasteiger partial charge in [-0.1, -0.05) is 0 Å². The summed E-state index contributed by atoms with van der Waals surface area (Å²) in [4.78, 5) is 31.5. The number of aromatic nitrogens is 2. The number of hydrogen-bond acceptors (Lipinski definition) is 8. The van der Waals surface area contributed by atoms with Gasteiger partial charge < -0.3 is 9.15 Å². The molecule has 166 valence electrons. The lowest BCUT2D eigenvalue weighted by atomic mass is 9.97. The van der Waals surface area contributed by atoms with E-state index in [-0.39, 0.29) is 36.0 Å². The summed E-state index contributed by atoms with van der Waals surface area (Å²) in [5.74, 6) is -0.299. The van der Waals surface area contributed by atoms with Gasteiger partial charge in [0.1, 0.15) is 17.2 Å². The standard InChI is InChI=1S/C20H23N3O6S2/c1-22(2)31(26,27)17-8-7-13(29-17)11-28-16(24)9-10-23-12-21-19-18(20(23)25)14-5-3-4-6-15(14)30-19/h7-8,12H,3-6,9-11H2,1-2H3. The molecule has 31 heavy (non-hydrogen) atoms. The quantitative estimate of drug-likeness (QED) is 0.492. The van der Waals surface area contributed by atoms with E-state index in [1.54, 1.807) is 11.3 Å². The molecule has 0 unspecified atom stereocenters. The maximum atomic E-state index is 12.9. The summed E-state index contributed by atoms with van der Waals surface area (Å²) < 4.78 is 37.0. The van der Waals surface area contributed by atoms with Crippen LogP contribution in [0.5, 0.6) is 0 Å². The van der Waals surface area contributed by atoms with Crippen LogP contribution in [0.25, 0.3) is 10.2 Å². The van der Waals surface area contributed by atoms with E-state index in [1.165, 1.54) is 42.0 Å². The van der Waals surface area contributed by atoms with Crippen molar-refractivity contribution in [2.24, 2.45) is 0 Å². The van der Waals surface area contributed by atoms with Gasteiger partial charge in [-0.15, -0.1) is 11.3 Å². The zero-order valence-corrected chi connectivity index (χ0v) is 18.9. The first-order chi connectivity index (χ1) is 14.8. The summed E-state index contributed by atoms with van der Waals surface area (Å²) in [6.45, 7) is -0.0321. The number of esters is 1. The van der Waals surface area contributed by atoms with Crippen LogP contribution in [0.4, 0.5) is 0 Å². The molecule has 4 rings (SSSR count). The van der Waals surface area contributed by atoms with Gasteiger partial charge in [0, 0.05) is 25.5 Å². The number of fused-ring (bicyclic) bond motifs is 3. The monoisotopic (exact) mass is 465 g/mol. The molecule has 3 aromatic rings. The molecule has 9 nitrogen and oxygen atoms in total. The average Bonchev–Trinajstić information content (AvgIpc) is 3.37. The van der Waals surface area contributed by atoms with Gasteiger partial charge in [-0.05, 0) is 43.4 Å². The van der Waals surface area contributed by atoms with Crippen molar-refractivity contribution in [2.75, 3.05) is 14.1 Å². The lowest BCUT2D eigenvalue weighted by Gasteiger charge is -2.10. The third-order valence-corrected chi connectivity index (χ3v) is 8.14. The molecule has 1 aliphatic rings. The maximum Gasteiger partial charge on any atom is 0.308 e. The van der Waals surface area contributed by atoms with Crippen LogP contribution in [-0.2, 0) is 45.5 Å². The highest BCUT2D eigenvalue weighted by Gasteiger charge is 2.22. The Morgan fingerprint density at radius 2 is 2.06 bits per heavy atom. The summed E-state index contributed by atoms with van der Waals surface area (Å²) >= 11 is 1.59. The Balaban J connectivity index is 1.38. The molecule has 0 aromatic carbocycles. The largest absolute Gasteiger partial charge is 0.457 e. The molecule has 0 saturated carbocycles. The van der Waals surface area contributed by atoms with Crippen LogP contribution in [0.2, 0.25) is 0 Å². The van der Waals surface area contributed by atoms with Crippen molar-refractivity contribution in [3.05, 3.63) is 45.0 Å². The molecule has 0 saturated heterocycles. The molecule has 0 atom stereocenters. The van der Waals surface area contributed by atoms with Gasteiger partial charge in [0.2, 0.25) is 5.09 Å². The third kappa shape index (κ3) is 4.30. The van der Waals surface area contributed by atoms with Crippen molar-refractivity contribution in [3.8, 4) is 0 Å². The third-order valence-electron chi connectivity index (χ3n) is 5.25. The van der Waals surface area contributed by atoms with Gasteiger partial charge >= 0.3 is 5.97 Å². The highest BCUT2D eigenvalue weighted by atomic mass is 32.2. The molecule has 0 N–H and O–H groups in total. The van der Waals surface area contributed by atoms with Crippen molar-refractivity contribution >= 4 is 37.5 Å². The van der Waals surface area contributed by atoms with Gasteiger partial charge in [-0.3, -0.25) is 14.2 Å². The van der Waals surface area contributed by atoms with Crippen molar-refractivity contribution in [1.82, 2.24) is 13.9 Å². The number of ether oxygens (including phenoxy) is 1. The fraction of sp³-hybridized carbons (Fsp3) is 0.450. The highest BCUT2D eigenvalue weighted by molar-refractivity contribution is 7.88. The number of sulfonamides is 1. The fourth-order valence-corrected chi connectivity index (χ4v) is 5.56. The van der Waals surface area contributed by atoms with E-state index in [0.29, 0.717) is 5.39 Å². The Labute approximate surface area is 183 Å². The molecule has 0 spiro atoms. The van der Waals surface area contributed by atoms with Gasteiger partial charge in [0.15, 0.2) is 0 Å². The van der Waals surface area contributed by atoms with Crippen LogP contribution in [0.15, 0.2) is 32.8 Å². The first-order valence-electron chi connectivity index (χ1n) is 9.94. The van der Waals surface area contributed by atoms with Crippen molar-refractivity contribution < 1.29 is 22.4 Å². The normalized spacial score (nSPS) is 14.2. The number of carbonyl (C=O) groups is 1. The molecule has 0 amide bonds. The second kappa shape index (κ2) is 8.56. The first kappa shape index (κ1) is 21.7. The lowest BCUT2D eigenvalue weighted by Crippen LogP contribution is -2.23. The van der Waals surface area contributed by atoms with Crippen molar-refractivity contribution in [1.29, 1.82) is 0 Å². The van der Waals surface area contributed by atoms with Crippen LogP contribution in [0.3, 0.4) is 0 Å². The predicted octanol–water partition coefficient (Wildman–Crippen LogP) is 2.31. The Bertz CT molecular complexity index is 1290. The van der Waals surface area contributed by atoms with E-state index < -0.39 is 16.0 Å². The number of aryl methyl sites for hydroxylation is 3. The van der Waals surface area contributed by atoms with E-state index in [9.17, 15) is 18.0 Å². The van der Waals surface area contributed by atoms with E-state index >= 15 is 0 Å². The first-order valence-corrected chi connectivity index (χ1v) is 12.2. The van der Waals surface area contributed by atoms with Gasteiger partial charge in [-0.2, -0.15) is 0 Å². The highest BCUT2D eigenvalue weighted by Crippen LogP contribution is 2.33. The number of furan rings is 1. The Hall–Kier alpha value is -2.50. The molecular weight excluding hydrogens is 442 g/mol. The minimum atomic E-state index is -3.68. The van der Waals surface area contributed by atoms with Gasteiger partial charge in [-0.25, -0.2) is 17.7 Å². The second-order valence-electron chi connectivity index (χ2n) is 7.55. The average molecular weight is 466 g/mol. The number of thiophene rings is 1. The molecular formula is C20H23N3O6S2. The Kier molecular flexibility index (Phi) is 6.00. The van der Waals surface area contributed by atoms with Crippen LogP contribution >= 0.6 is 11.3 Å². The van der Waals surface area contributed by atoms with Crippen LogP contribution in [0, 0.1) is 0 Å².